The lowest BCUT2D eigenvalue weighted by Gasteiger charge is -2.34. The fraction of sp³-hybridized carbons (Fsp3) is 0.800. The second kappa shape index (κ2) is 2.82. The summed E-state index contributed by atoms with van der Waals surface area (Å²) in [6, 6.07) is 0. The number of nitrogens with two attached hydrogens (primary N) is 1. The third kappa shape index (κ3) is 1.02. The van der Waals surface area contributed by atoms with Crippen LogP contribution in [0.2, 0.25) is 0 Å². The van der Waals surface area contributed by atoms with E-state index in [0.29, 0.717) is 12.8 Å². The Balaban J connectivity index is 2.36. The van der Waals surface area contributed by atoms with Crippen molar-refractivity contribution in [1.29, 1.82) is 0 Å². The third-order valence-electron chi connectivity index (χ3n) is 3.73. The first kappa shape index (κ1) is 8.73. The van der Waals surface area contributed by atoms with Crippen LogP contribution >= 0.6 is 0 Å². The van der Waals surface area contributed by atoms with Crippen molar-refractivity contribution in [3.8, 4) is 0 Å². The first-order valence-corrected chi connectivity index (χ1v) is 5.01. The molecule has 2 aliphatic carbocycles. The molecule has 72 valence electrons. The zero-order valence-electron chi connectivity index (χ0n) is 7.71. The van der Waals surface area contributed by atoms with Gasteiger partial charge in [0.25, 0.3) is 0 Å². The molecule has 2 atom stereocenters. The molecule has 3 nitrogen and oxygen atoms in total. The molecule has 2 fully saturated rings. The Hall–Kier alpha value is -0.860. The number of ketones is 1. The van der Waals surface area contributed by atoms with Crippen molar-refractivity contribution in [3.05, 3.63) is 0 Å². The number of amides is 1. The minimum absolute atomic E-state index is 0.102. The highest BCUT2D eigenvalue weighted by Crippen LogP contribution is 2.49. The topological polar surface area (TPSA) is 60.2 Å². The molecule has 0 saturated heterocycles. The Morgan fingerprint density at radius 2 is 2.15 bits per heavy atom. The summed E-state index contributed by atoms with van der Waals surface area (Å²) >= 11 is 0. The first-order valence-electron chi connectivity index (χ1n) is 5.01. The molecular weight excluding hydrogens is 166 g/mol. The van der Waals surface area contributed by atoms with Crippen LogP contribution in [0, 0.1) is 11.3 Å². The molecule has 0 spiro atoms. The Labute approximate surface area is 77.7 Å². The molecule has 2 N–H and O–H groups in total. The highest BCUT2D eigenvalue weighted by molar-refractivity contribution is 6.07. The van der Waals surface area contributed by atoms with Gasteiger partial charge in [0.15, 0.2) is 0 Å². The maximum absolute atomic E-state index is 11.7. The summed E-state index contributed by atoms with van der Waals surface area (Å²) < 4.78 is 0. The van der Waals surface area contributed by atoms with E-state index in [1.807, 2.05) is 0 Å². The quantitative estimate of drug-likeness (QED) is 0.614. The van der Waals surface area contributed by atoms with E-state index >= 15 is 0 Å². The van der Waals surface area contributed by atoms with Crippen LogP contribution in [0.25, 0.3) is 0 Å². The summed E-state index contributed by atoms with van der Waals surface area (Å²) in [6.45, 7) is 0. The molecule has 2 rings (SSSR count). The van der Waals surface area contributed by atoms with E-state index < -0.39 is 5.41 Å². The molecule has 0 radical (unpaired) electrons. The van der Waals surface area contributed by atoms with Gasteiger partial charge in [0.1, 0.15) is 11.2 Å². The van der Waals surface area contributed by atoms with Gasteiger partial charge in [-0.2, -0.15) is 0 Å². The number of rotatable bonds is 1. The van der Waals surface area contributed by atoms with E-state index in [9.17, 15) is 9.59 Å². The number of hydrogen-bond acceptors (Lipinski definition) is 2. The van der Waals surface area contributed by atoms with Gasteiger partial charge in [-0.3, -0.25) is 9.59 Å². The number of primary amides is 1. The highest BCUT2D eigenvalue weighted by atomic mass is 16.2. The molecule has 0 bridgehead atoms. The predicted molar refractivity (Wildman–Crippen MR) is 47.8 cm³/mol. The molecule has 0 aromatic rings. The first-order chi connectivity index (χ1) is 6.18. The van der Waals surface area contributed by atoms with Crippen LogP contribution in [0.5, 0.6) is 0 Å². The fourth-order valence-corrected chi connectivity index (χ4v) is 2.99. The molecule has 2 aliphatic rings. The van der Waals surface area contributed by atoms with Crippen molar-refractivity contribution < 1.29 is 9.59 Å². The van der Waals surface area contributed by atoms with Gasteiger partial charge in [-0.05, 0) is 25.2 Å². The summed E-state index contributed by atoms with van der Waals surface area (Å²) in [6.07, 6.45) is 5.27. The Morgan fingerprint density at radius 1 is 1.38 bits per heavy atom. The van der Waals surface area contributed by atoms with Gasteiger partial charge in [0, 0.05) is 6.42 Å². The van der Waals surface area contributed by atoms with E-state index in [1.165, 1.54) is 0 Å². The van der Waals surface area contributed by atoms with Gasteiger partial charge in [0.05, 0.1) is 0 Å². The average Bonchev–Trinajstić information content (AvgIpc) is 2.46. The molecule has 1 amide bonds. The zero-order valence-corrected chi connectivity index (χ0v) is 7.71. The minimum Gasteiger partial charge on any atom is -0.369 e. The van der Waals surface area contributed by atoms with Gasteiger partial charge in [-0.15, -0.1) is 0 Å². The van der Waals surface area contributed by atoms with Crippen LogP contribution < -0.4 is 5.73 Å². The van der Waals surface area contributed by atoms with Crippen molar-refractivity contribution in [2.75, 3.05) is 0 Å². The van der Waals surface area contributed by atoms with Gasteiger partial charge < -0.3 is 5.73 Å². The monoisotopic (exact) mass is 181 g/mol. The smallest absolute Gasteiger partial charge is 0.231 e. The molecule has 0 aromatic carbocycles. The second-order valence-electron chi connectivity index (χ2n) is 4.24. The van der Waals surface area contributed by atoms with Crippen LogP contribution in [-0.4, -0.2) is 11.7 Å². The lowest BCUT2D eigenvalue weighted by atomic mass is 9.67. The number of hydrogen-bond donors (Lipinski definition) is 1. The van der Waals surface area contributed by atoms with Crippen molar-refractivity contribution in [2.24, 2.45) is 17.1 Å². The third-order valence-corrected chi connectivity index (χ3v) is 3.73. The van der Waals surface area contributed by atoms with E-state index in [-0.39, 0.29) is 17.6 Å². The lowest BCUT2D eigenvalue weighted by Crippen LogP contribution is -2.46. The summed E-state index contributed by atoms with van der Waals surface area (Å²) in [4.78, 5) is 23.0. The largest absolute Gasteiger partial charge is 0.369 e. The molecule has 0 aromatic heterocycles. The van der Waals surface area contributed by atoms with Crippen LogP contribution in [0.4, 0.5) is 0 Å². The van der Waals surface area contributed by atoms with E-state index in [0.717, 1.165) is 25.7 Å². The summed E-state index contributed by atoms with van der Waals surface area (Å²) in [5, 5.41) is 0. The molecule has 13 heavy (non-hydrogen) atoms. The predicted octanol–water partition coefficient (Wildman–Crippen LogP) is 1.01. The number of carbonyl (C=O) groups excluding carboxylic acids is 2. The maximum Gasteiger partial charge on any atom is 0.231 e. The molecule has 2 saturated carbocycles. The number of carbonyl (C=O) groups is 2. The zero-order chi connectivity index (χ0) is 9.47. The standard InChI is InChI=1S/C10H15NO2/c11-9(13)10-6-2-1-3-7(10)4-5-8(10)12/h7H,1-6H2,(H2,11,13). The Morgan fingerprint density at radius 3 is 2.77 bits per heavy atom. The van der Waals surface area contributed by atoms with Gasteiger partial charge in [0.2, 0.25) is 5.91 Å². The van der Waals surface area contributed by atoms with Gasteiger partial charge >= 0.3 is 0 Å². The van der Waals surface area contributed by atoms with Crippen LogP contribution in [-0.2, 0) is 9.59 Å². The number of fused-ring (bicyclic) bond motifs is 1. The molecular formula is C10H15NO2. The molecule has 0 aliphatic heterocycles. The second-order valence-corrected chi connectivity index (χ2v) is 4.24. The normalized spacial score (nSPS) is 38.8. The Kier molecular flexibility index (Phi) is 1.90. The Bertz CT molecular complexity index is 262. The summed E-state index contributed by atoms with van der Waals surface area (Å²) in [5.41, 5.74) is 4.62. The lowest BCUT2D eigenvalue weighted by molar-refractivity contribution is -0.142. The molecule has 0 heterocycles. The van der Waals surface area contributed by atoms with Gasteiger partial charge in [-0.1, -0.05) is 12.8 Å². The van der Waals surface area contributed by atoms with Crippen LogP contribution in [0.3, 0.4) is 0 Å². The minimum atomic E-state index is -0.752. The van der Waals surface area contributed by atoms with Crippen molar-refractivity contribution in [3.63, 3.8) is 0 Å². The average molecular weight is 181 g/mol. The maximum atomic E-state index is 11.7. The van der Waals surface area contributed by atoms with Gasteiger partial charge in [-0.25, -0.2) is 0 Å². The van der Waals surface area contributed by atoms with Crippen LogP contribution in [0.15, 0.2) is 0 Å². The van der Waals surface area contributed by atoms with E-state index in [1.54, 1.807) is 0 Å². The van der Waals surface area contributed by atoms with Crippen molar-refractivity contribution in [1.82, 2.24) is 0 Å². The van der Waals surface area contributed by atoms with E-state index in [2.05, 4.69) is 0 Å². The SMILES string of the molecule is NC(=O)C12CCCCC1CCC2=O. The molecule has 2 unspecified atom stereocenters. The number of Topliss-reactive ketones (excluding diaryl/α,β-unsaturated/α-hetero) is 1. The molecule has 3 heteroatoms. The fourth-order valence-electron chi connectivity index (χ4n) is 2.99. The summed E-state index contributed by atoms with van der Waals surface area (Å²) in [7, 11) is 0. The van der Waals surface area contributed by atoms with Crippen molar-refractivity contribution >= 4 is 11.7 Å². The van der Waals surface area contributed by atoms with E-state index in [4.69, 9.17) is 5.73 Å². The van der Waals surface area contributed by atoms with Crippen molar-refractivity contribution in [2.45, 2.75) is 38.5 Å². The highest BCUT2D eigenvalue weighted by Gasteiger charge is 2.54. The summed E-state index contributed by atoms with van der Waals surface area (Å²) in [5.74, 6) is -0.0179. The van der Waals surface area contributed by atoms with Crippen LogP contribution in [0.1, 0.15) is 38.5 Å².